The number of aliphatic hydroxyl groups excluding tert-OH is 3. The molecule has 9 heteroatoms. The van der Waals surface area contributed by atoms with Gasteiger partial charge in [0.25, 0.3) is 0 Å². The fourth-order valence-corrected chi connectivity index (χ4v) is 8.48. The number of aromatic hydroxyl groups is 1. The van der Waals surface area contributed by atoms with Crippen molar-refractivity contribution in [3.63, 3.8) is 0 Å². The van der Waals surface area contributed by atoms with Crippen LogP contribution in [0.1, 0.15) is 127 Å². The van der Waals surface area contributed by atoms with Gasteiger partial charge in [-0.2, -0.15) is 0 Å². The van der Waals surface area contributed by atoms with Crippen molar-refractivity contribution in [1.29, 1.82) is 0 Å². The zero-order valence-electron chi connectivity index (χ0n) is 33.9. The van der Waals surface area contributed by atoms with Crippen LogP contribution in [0.2, 0.25) is 0 Å². The third kappa shape index (κ3) is 14.8. The van der Waals surface area contributed by atoms with Crippen LogP contribution in [0, 0.1) is 17.8 Å². The van der Waals surface area contributed by atoms with Crippen LogP contribution >= 0.6 is 0 Å². The number of carboxylic acid groups (broad SMARTS) is 1. The Kier molecular flexibility index (Phi) is 18.6. The first-order chi connectivity index (χ1) is 26.9. The van der Waals surface area contributed by atoms with Crippen LogP contribution in [0.3, 0.4) is 0 Å². The molecule has 0 amide bonds. The van der Waals surface area contributed by atoms with Crippen LogP contribution < -0.4 is 10.6 Å². The van der Waals surface area contributed by atoms with Crippen LogP contribution in [0.15, 0.2) is 71.8 Å². The molecule has 0 unspecified atom stereocenters. The largest absolute Gasteiger partial charge is 0.508 e. The SMILES string of the molecule is CCCCC[C@H](O)C=CC1=C(C[C@H](O)CO)[C@H](CCC[C@@H]2N[C@H](C)CCC[C@@H]2CC(=O)O)N[C@@H]([C@@](C)(O)Cc2ccc(O)cc2)CC#Cc2ccccc2CC1. The summed E-state index contributed by atoms with van der Waals surface area (Å²) in [7, 11) is 0. The highest BCUT2D eigenvalue weighted by Crippen LogP contribution is 2.31. The van der Waals surface area contributed by atoms with Crippen LogP contribution in [0.5, 0.6) is 5.75 Å². The number of nitrogens with one attached hydrogen (secondary N) is 2. The van der Waals surface area contributed by atoms with Gasteiger partial charge in [0.1, 0.15) is 5.75 Å². The predicted molar refractivity (Wildman–Crippen MR) is 223 cm³/mol. The van der Waals surface area contributed by atoms with E-state index in [1.54, 1.807) is 12.1 Å². The zero-order chi connectivity index (χ0) is 40.5. The molecular formula is C47H68N2O7. The average molecular weight is 773 g/mol. The number of phenols is 1. The maximum Gasteiger partial charge on any atom is 0.303 e. The fourth-order valence-electron chi connectivity index (χ4n) is 8.48. The van der Waals surface area contributed by atoms with E-state index in [0.29, 0.717) is 38.5 Å². The van der Waals surface area contributed by atoms with Crippen LogP contribution in [0.25, 0.3) is 0 Å². The molecule has 9 nitrogen and oxygen atoms in total. The predicted octanol–water partition coefficient (Wildman–Crippen LogP) is 6.73. The van der Waals surface area contributed by atoms with Gasteiger partial charge in [-0.25, -0.2) is 0 Å². The molecule has 308 valence electrons. The monoisotopic (exact) mass is 773 g/mol. The van der Waals surface area contributed by atoms with Crippen molar-refractivity contribution >= 4 is 5.97 Å². The molecule has 56 heavy (non-hydrogen) atoms. The van der Waals surface area contributed by atoms with E-state index < -0.39 is 36.4 Å². The van der Waals surface area contributed by atoms with E-state index >= 15 is 0 Å². The van der Waals surface area contributed by atoms with Gasteiger partial charge in [-0.05, 0) is 112 Å². The Morgan fingerprint density at radius 2 is 1.79 bits per heavy atom. The standard InChI is InChI=1S/C47H68N2O7/c1-4-5-6-17-39(51)28-25-37-24-23-36-14-8-7-13-35(36)15-10-20-45(47(3,56)31-34-21-26-40(52)27-22-34)49-44(42(37)30-41(53)32-50)19-11-18-43-38(29-46(54)55)16-9-12-33(2)48-43/h7-8,13-14,21-22,25-28,33,38-39,41,43-45,48-53,56H,4-6,9,11-12,16-20,23-24,29-32H2,1-3H3,(H,54,55)/t33-,38-,39+,41+,43+,44+,45-,47+/m1/s1. The van der Waals surface area contributed by atoms with E-state index in [-0.39, 0.29) is 42.6 Å². The van der Waals surface area contributed by atoms with Gasteiger partial charge in [0, 0.05) is 49.0 Å². The van der Waals surface area contributed by atoms with Crippen molar-refractivity contribution in [2.75, 3.05) is 6.61 Å². The van der Waals surface area contributed by atoms with E-state index in [1.807, 2.05) is 49.4 Å². The number of hydrogen-bond donors (Lipinski definition) is 8. The topological polar surface area (TPSA) is 163 Å². The Bertz CT molecular complexity index is 1620. The second-order valence-corrected chi connectivity index (χ2v) is 16.5. The smallest absolute Gasteiger partial charge is 0.303 e. The molecular weight excluding hydrogens is 705 g/mol. The number of aryl methyl sites for hydroxylation is 1. The van der Waals surface area contributed by atoms with E-state index in [4.69, 9.17) is 0 Å². The third-order valence-electron chi connectivity index (χ3n) is 11.7. The number of rotatable bonds is 18. The van der Waals surface area contributed by atoms with Crippen LogP contribution in [-0.4, -0.2) is 85.2 Å². The summed E-state index contributed by atoms with van der Waals surface area (Å²) in [6.07, 6.45) is 13.1. The van der Waals surface area contributed by atoms with E-state index in [0.717, 1.165) is 79.2 Å². The van der Waals surface area contributed by atoms with Crippen LogP contribution in [-0.2, 0) is 17.6 Å². The molecule has 2 aliphatic heterocycles. The highest BCUT2D eigenvalue weighted by molar-refractivity contribution is 5.67. The minimum atomic E-state index is -1.29. The third-order valence-corrected chi connectivity index (χ3v) is 11.7. The van der Waals surface area contributed by atoms with Gasteiger partial charge in [-0.1, -0.05) is 93.4 Å². The number of carboxylic acids is 1. The Morgan fingerprint density at radius 1 is 1.02 bits per heavy atom. The molecule has 0 aliphatic carbocycles. The van der Waals surface area contributed by atoms with Gasteiger partial charge in [0.2, 0.25) is 0 Å². The second kappa shape index (κ2) is 23.0. The minimum absolute atomic E-state index is 0.0229. The summed E-state index contributed by atoms with van der Waals surface area (Å²) in [5.74, 6) is 6.17. The van der Waals surface area contributed by atoms with Gasteiger partial charge >= 0.3 is 5.97 Å². The number of carbonyl (C=O) groups is 1. The number of hydrogen-bond acceptors (Lipinski definition) is 8. The minimum Gasteiger partial charge on any atom is -0.508 e. The van der Waals surface area contributed by atoms with Gasteiger partial charge in [0.15, 0.2) is 0 Å². The molecule has 2 aromatic carbocycles. The van der Waals surface area contributed by atoms with Crippen LogP contribution in [0.4, 0.5) is 0 Å². The molecule has 2 aliphatic rings. The number of allylic oxidation sites excluding steroid dienone is 2. The number of phenolic OH excluding ortho intramolecular Hbond substituents is 1. The lowest BCUT2D eigenvalue weighted by Crippen LogP contribution is -2.54. The maximum absolute atomic E-state index is 12.3. The highest BCUT2D eigenvalue weighted by atomic mass is 16.4. The van der Waals surface area contributed by atoms with Crippen molar-refractivity contribution in [3.8, 4) is 17.6 Å². The average Bonchev–Trinajstić information content (AvgIpc) is 3.33. The summed E-state index contributed by atoms with van der Waals surface area (Å²) in [5, 5.41) is 72.0. The first-order valence-corrected chi connectivity index (χ1v) is 21.1. The second-order valence-electron chi connectivity index (χ2n) is 16.5. The molecule has 2 aromatic rings. The number of aliphatic hydroxyl groups is 4. The van der Waals surface area contributed by atoms with Gasteiger partial charge in [-0.3, -0.25) is 4.79 Å². The number of benzene rings is 2. The van der Waals surface area contributed by atoms with Crippen molar-refractivity contribution in [1.82, 2.24) is 10.6 Å². The van der Waals surface area contributed by atoms with Gasteiger partial charge < -0.3 is 41.3 Å². The van der Waals surface area contributed by atoms with E-state index in [9.17, 15) is 35.4 Å². The summed E-state index contributed by atoms with van der Waals surface area (Å²) in [6, 6.07) is 14.4. The molecule has 0 bridgehead atoms. The van der Waals surface area contributed by atoms with Gasteiger partial charge in [-0.15, -0.1) is 0 Å². The first kappa shape index (κ1) is 45.2. The van der Waals surface area contributed by atoms with E-state index in [1.165, 1.54) is 0 Å². The lowest BCUT2D eigenvalue weighted by atomic mass is 9.82. The Hall–Kier alpha value is -3.49. The molecule has 1 saturated heterocycles. The molecule has 0 aromatic heterocycles. The molecule has 8 atom stereocenters. The summed E-state index contributed by atoms with van der Waals surface area (Å²) in [5.41, 5.74) is 3.47. The molecule has 1 fully saturated rings. The number of unbranched alkanes of at least 4 members (excludes halogenated alkanes) is 2. The summed E-state index contributed by atoms with van der Waals surface area (Å²) >= 11 is 0. The van der Waals surface area contributed by atoms with E-state index in [2.05, 4.69) is 42.4 Å². The molecule has 8 N–H and O–H groups in total. The summed E-state index contributed by atoms with van der Waals surface area (Å²) in [6.45, 7) is 5.70. The Labute approximate surface area is 335 Å². The van der Waals surface area contributed by atoms with Crippen molar-refractivity contribution in [2.24, 2.45) is 5.92 Å². The highest BCUT2D eigenvalue weighted by Gasteiger charge is 2.35. The number of fused-ring (bicyclic) bond motifs is 1. The zero-order valence-corrected chi connectivity index (χ0v) is 33.9. The number of aliphatic carboxylic acids is 1. The summed E-state index contributed by atoms with van der Waals surface area (Å²) in [4.78, 5) is 11.9. The van der Waals surface area contributed by atoms with Crippen molar-refractivity contribution in [3.05, 3.63) is 88.5 Å². The Balaban J connectivity index is 1.81. The molecule has 4 rings (SSSR count). The molecule has 2 heterocycles. The quantitative estimate of drug-likeness (QED) is 0.0607. The fraction of sp³-hybridized carbons (Fsp3) is 0.596. The van der Waals surface area contributed by atoms with Crippen molar-refractivity contribution < 1.29 is 35.4 Å². The Morgan fingerprint density at radius 3 is 2.52 bits per heavy atom. The normalized spacial score (nSPS) is 24.4. The maximum atomic E-state index is 12.3. The lowest BCUT2D eigenvalue weighted by molar-refractivity contribution is -0.138. The lowest BCUT2D eigenvalue weighted by Gasteiger charge is -2.38. The molecule has 0 radical (unpaired) electrons. The van der Waals surface area contributed by atoms with Crippen molar-refractivity contribution in [2.45, 2.75) is 165 Å². The molecule has 0 saturated carbocycles. The summed E-state index contributed by atoms with van der Waals surface area (Å²) < 4.78 is 0. The molecule has 0 spiro atoms. The first-order valence-electron chi connectivity index (χ1n) is 21.1. The van der Waals surface area contributed by atoms with Gasteiger partial charge in [0.05, 0.1) is 24.4 Å².